The lowest BCUT2D eigenvalue weighted by Crippen LogP contribution is -2.67. The van der Waals surface area contributed by atoms with Crippen molar-refractivity contribution in [3.8, 4) is 0 Å². The third kappa shape index (κ3) is 2.60. The quantitative estimate of drug-likeness (QED) is 0.688. The standard InChI is InChI=1S/C18H27N3O/c1-18(2)15(14-10-11-22-16(14)18)20-17(19-3)21(4)12-13-8-6-5-7-9-13/h5-9,14-16H,10-12H2,1-4H3,(H,19,20). The van der Waals surface area contributed by atoms with Crippen LogP contribution < -0.4 is 5.32 Å². The van der Waals surface area contributed by atoms with E-state index < -0.39 is 0 Å². The van der Waals surface area contributed by atoms with Gasteiger partial charge in [0.1, 0.15) is 0 Å². The Labute approximate surface area is 133 Å². The van der Waals surface area contributed by atoms with Crippen LogP contribution in [0.25, 0.3) is 0 Å². The Balaban J connectivity index is 1.65. The molecule has 1 heterocycles. The second kappa shape index (κ2) is 5.92. The van der Waals surface area contributed by atoms with E-state index in [0.717, 1.165) is 25.5 Å². The molecule has 1 saturated carbocycles. The minimum Gasteiger partial charge on any atom is -0.377 e. The number of hydrogen-bond acceptors (Lipinski definition) is 2. The van der Waals surface area contributed by atoms with Crippen LogP contribution in [-0.4, -0.2) is 43.7 Å². The van der Waals surface area contributed by atoms with Gasteiger partial charge in [0.05, 0.1) is 6.10 Å². The van der Waals surface area contributed by atoms with E-state index in [1.807, 2.05) is 13.1 Å². The van der Waals surface area contributed by atoms with Gasteiger partial charge in [-0.2, -0.15) is 0 Å². The number of nitrogens with one attached hydrogen (secondary N) is 1. The zero-order valence-electron chi connectivity index (χ0n) is 14.0. The van der Waals surface area contributed by atoms with Crippen LogP contribution in [0.3, 0.4) is 0 Å². The number of aliphatic imine (C=N–C) groups is 1. The summed E-state index contributed by atoms with van der Waals surface area (Å²) in [6.45, 7) is 6.34. The van der Waals surface area contributed by atoms with E-state index in [2.05, 4.69) is 60.4 Å². The first-order chi connectivity index (χ1) is 10.5. The van der Waals surface area contributed by atoms with E-state index in [1.54, 1.807) is 0 Å². The fourth-order valence-electron chi connectivity index (χ4n) is 4.03. The normalized spacial score (nSPS) is 29.6. The summed E-state index contributed by atoms with van der Waals surface area (Å²) in [7, 11) is 3.95. The smallest absolute Gasteiger partial charge is 0.193 e. The number of hydrogen-bond donors (Lipinski definition) is 1. The molecule has 0 bridgehead atoms. The molecule has 120 valence electrons. The molecule has 1 saturated heterocycles. The Hall–Kier alpha value is -1.55. The molecule has 1 aromatic rings. The number of rotatable bonds is 3. The van der Waals surface area contributed by atoms with Crippen LogP contribution in [0.5, 0.6) is 0 Å². The molecule has 22 heavy (non-hydrogen) atoms. The molecule has 1 aliphatic carbocycles. The van der Waals surface area contributed by atoms with Crippen LogP contribution in [0.2, 0.25) is 0 Å². The molecule has 0 amide bonds. The van der Waals surface area contributed by atoms with E-state index in [4.69, 9.17) is 4.74 Å². The van der Waals surface area contributed by atoms with Gasteiger partial charge in [-0.1, -0.05) is 44.2 Å². The Kier molecular flexibility index (Phi) is 4.13. The molecule has 1 N–H and O–H groups in total. The van der Waals surface area contributed by atoms with Crippen LogP contribution in [0.4, 0.5) is 0 Å². The summed E-state index contributed by atoms with van der Waals surface area (Å²) in [5, 5.41) is 3.68. The molecule has 4 nitrogen and oxygen atoms in total. The van der Waals surface area contributed by atoms with Crippen LogP contribution in [0.15, 0.2) is 35.3 Å². The Bertz CT molecular complexity index is 541. The highest BCUT2D eigenvalue weighted by Gasteiger charge is 2.59. The Morgan fingerprint density at radius 3 is 2.77 bits per heavy atom. The molecular weight excluding hydrogens is 274 g/mol. The molecule has 0 spiro atoms. The first kappa shape index (κ1) is 15.3. The summed E-state index contributed by atoms with van der Waals surface area (Å²) in [5.41, 5.74) is 1.47. The van der Waals surface area contributed by atoms with E-state index in [9.17, 15) is 0 Å². The zero-order chi connectivity index (χ0) is 15.7. The van der Waals surface area contributed by atoms with Gasteiger partial charge in [-0.25, -0.2) is 0 Å². The highest BCUT2D eigenvalue weighted by atomic mass is 16.5. The van der Waals surface area contributed by atoms with E-state index in [0.29, 0.717) is 18.1 Å². The fraction of sp³-hybridized carbons (Fsp3) is 0.611. The molecule has 2 aliphatic rings. The Morgan fingerprint density at radius 2 is 2.09 bits per heavy atom. The van der Waals surface area contributed by atoms with Gasteiger partial charge in [-0.05, 0) is 12.0 Å². The first-order valence-electron chi connectivity index (χ1n) is 8.14. The van der Waals surface area contributed by atoms with Crippen molar-refractivity contribution in [2.45, 2.75) is 39.0 Å². The maximum absolute atomic E-state index is 5.88. The van der Waals surface area contributed by atoms with Gasteiger partial charge in [0, 0.05) is 44.6 Å². The zero-order valence-corrected chi connectivity index (χ0v) is 14.0. The van der Waals surface area contributed by atoms with Crippen molar-refractivity contribution in [2.24, 2.45) is 16.3 Å². The van der Waals surface area contributed by atoms with Crippen molar-refractivity contribution < 1.29 is 4.74 Å². The SMILES string of the molecule is CN=C(NC1C2CCOC2C1(C)C)N(C)Cc1ccccc1. The van der Waals surface area contributed by atoms with Crippen LogP contribution in [0.1, 0.15) is 25.8 Å². The van der Waals surface area contributed by atoms with Gasteiger partial charge in [0.2, 0.25) is 0 Å². The molecule has 0 aromatic heterocycles. The van der Waals surface area contributed by atoms with Crippen molar-refractivity contribution in [2.75, 3.05) is 20.7 Å². The van der Waals surface area contributed by atoms with Gasteiger partial charge < -0.3 is 15.0 Å². The van der Waals surface area contributed by atoms with Gasteiger partial charge in [-0.15, -0.1) is 0 Å². The number of fused-ring (bicyclic) bond motifs is 1. The van der Waals surface area contributed by atoms with Crippen LogP contribution in [0, 0.1) is 11.3 Å². The van der Waals surface area contributed by atoms with Crippen molar-refractivity contribution in [3.63, 3.8) is 0 Å². The second-order valence-corrected chi connectivity index (χ2v) is 7.08. The highest BCUT2D eigenvalue weighted by molar-refractivity contribution is 5.80. The third-order valence-electron chi connectivity index (χ3n) is 5.22. The lowest BCUT2D eigenvalue weighted by molar-refractivity contribution is -0.107. The average Bonchev–Trinajstić information content (AvgIpc) is 2.96. The molecule has 4 heteroatoms. The average molecular weight is 301 g/mol. The fourth-order valence-corrected chi connectivity index (χ4v) is 4.03. The molecule has 0 radical (unpaired) electrons. The van der Waals surface area contributed by atoms with Crippen molar-refractivity contribution in [1.82, 2.24) is 10.2 Å². The summed E-state index contributed by atoms with van der Waals surface area (Å²) >= 11 is 0. The monoisotopic (exact) mass is 301 g/mol. The van der Waals surface area contributed by atoms with E-state index >= 15 is 0 Å². The largest absolute Gasteiger partial charge is 0.377 e. The summed E-state index contributed by atoms with van der Waals surface area (Å²) in [6, 6.07) is 10.9. The van der Waals surface area contributed by atoms with Crippen molar-refractivity contribution >= 4 is 5.96 Å². The molecule has 2 fully saturated rings. The molecule has 1 aromatic carbocycles. The molecular formula is C18H27N3O. The van der Waals surface area contributed by atoms with E-state index in [1.165, 1.54) is 5.56 Å². The number of benzene rings is 1. The minimum atomic E-state index is 0.171. The Morgan fingerprint density at radius 1 is 1.36 bits per heavy atom. The minimum absolute atomic E-state index is 0.171. The van der Waals surface area contributed by atoms with Gasteiger partial charge >= 0.3 is 0 Å². The number of nitrogens with zero attached hydrogens (tertiary/aromatic N) is 2. The summed E-state index contributed by atoms with van der Waals surface area (Å²) in [5.74, 6) is 1.59. The maximum atomic E-state index is 5.88. The topological polar surface area (TPSA) is 36.9 Å². The summed E-state index contributed by atoms with van der Waals surface area (Å²) < 4.78 is 5.88. The second-order valence-electron chi connectivity index (χ2n) is 7.08. The maximum Gasteiger partial charge on any atom is 0.193 e. The molecule has 3 rings (SSSR count). The van der Waals surface area contributed by atoms with Gasteiger partial charge in [-0.3, -0.25) is 4.99 Å². The predicted molar refractivity (Wildman–Crippen MR) is 89.8 cm³/mol. The third-order valence-corrected chi connectivity index (χ3v) is 5.22. The number of ether oxygens (including phenoxy) is 1. The molecule has 1 aliphatic heterocycles. The van der Waals surface area contributed by atoms with Crippen LogP contribution in [-0.2, 0) is 11.3 Å². The summed E-state index contributed by atoms with van der Waals surface area (Å²) in [6.07, 6.45) is 1.56. The van der Waals surface area contributed by atoms with Gasteiger partial charge in [0.15, 0.2) is 5.96 Å². The van der Waals surface area contributed by atoms with Crippen molar-refractivity contribution in [3.05, 3.63) is 35.9 Å². The van der Waals surface area contributed by atoms with Crippen molar-refractivity contribution in [1.29, 1.82) is 0 Å². The highest BCUT2D eigenvalue weighted by Crippen LogP contribution is 2.52. The molecule has 3 unspecified atom stereocenters. The lowest BCUT2D eigenvalue weighted by Gasteiger charge is -2.55. The molecule has 3 atom stereocenters. The lowest BCUT2D eigenvalue weighted by atomic mass is 9.57. The van der Waals surface area contributed by atoms with Crippen LogP contribution >= 0.6 is 0 Å². The number of guanidine groups is 1. The van der Waals surface area contributed by atoms with Gasteiger partial charge in [0.25, 0.3) is 0 Å². The van der Waals surface area contributed by atoms with E-state index in [-0.39, 0.29) is 5.41 Å². The predicted octanol–water partition coefficient (Wildman–Crippen LogP) is 2.51. The first-order valence-corrected chi connectivity index (χ1v) is 8.14. The summed E-state index contributed by atoms with van der Waals surface area (Å²) in [4.78, 5) is 6.67.